The van der Waals surface area contributed by atoms with Gasteiger partial charge in [0.2, 0.25) is 0 Å². The average Bonchev–Trinajstić information content (AvgIpc) is 2.14. The van der Waals surface area contributed by atoms with Crippen LogP contribution in [-0.2, 0) is 0 Å². The third kappa shape index (κ3) is 4.20. The normalized spacial score (nSPS) is 13.9. The molecule has 1 rings (SSSR count). The molecule has 0 aliphatic heterocycles. The van der Waals surface area contributed by atoms with Gasteiger partial charge in [-0.1, -0.05) is 29.8 Å². The molecule has 15 heavy (non-hydrogen) atoms. The number of benzene rings is 1. The molecule has 0 unspecified atom stereocenters. The van der Waals surface area contributed by atoms with Gasteiger partial charge in [0, 0.05) is 10.6 Å². The van der Waals surface area contributed by atoms with E-state index < -0.39 is 6.10 Å². The van der Waals surface area contributed by atoms with E-state index in [1.165, 1.54) is 0 Å². The van der Waals surface area contributed by atoms with Gasteiger partial charge in [-0.3, -0.25) is 0 Å². The number of halogens is 1. The average molecular weight is 229 g/mol. The Morgan fingerprint density at radius 2 is 1.93 bits per heavy atom. The van der Waals surface area contributed by atoms with Gasteiger partial charge in [0.1, 0.15) is 12.6 Å². The smallest absolute Gasteiger partial charge is 0.129 e. The Kier molecular flexibility index (Phi) is 4.14. The van der Waals surface area contributed by atoms with Crippen molar-refractivity contribution >= 4 is 11.6 Å². The minimum absolute atomic E-state index is 0.127. The molecule has 3 N–H and O–H groups in total. The molecule has 0 aliphatic rings. The summed E-state index contributed by atoms with van der Waals surface area (Å²) in [7, 11) is 0. The number of aliphatic hydroxyl groups excluding tert-OH is 1. The van der Waals surface area contributed by atoms with Gasteiger partial charge in [0.05, 0.1) is 5.54 Å². The Bertz CT molecular complexity index is 320. The second-order valence-corrected chi connectivity index (χ2v) is 5.25. The largest absolute Gasteiger partial charge is 0.382 e. The molecule has 0 saturated carbocycles. The van der Waals surface area contributed by atoms with Crippen molar-refractivity contribution < 1.29 is 10.4 Å². The second kappa shape index (κ2) is 4.97. The molecule has 0 amide bonds. The van der Waals surface area contributed by atoms with Crippen LogP contribution in [0.5, 0.6) is 0 Å². The number of rotatable bonds is 3. The summed E-state index contributed by atoms with van der Waals surface area (Å²) in [6, 6.07) is 7.42. The Morgan fingerprint density at radius 1 is 1.33 bits per heavy atom. The van der Waals surface area contributed by atoms with Crippen LogP contribution in [0.4, 0.5) is 0 Å². The molecular formula is C12H19ClNO+. The Labute approximate surface area is 96.3 Å². The van der Waals surface area contributed by atoms with Gasteiger partial charge in [-0.2, -0.15) is 0 Å². The molecule has 0 radical (unpaired) electrons. The van der Waals surface area contributed by atoms with Crippen molar-refractivity contribution in [3.63, 3.8) is 0 Å². The summed E-state index contributed by atoms with van der Waals surface area (Å²) in [5.74, 6) is 0. The fraction of sp³-hybridized carbons (Fsp3) is 0.500. The highest BCUT2D eigenvalue weighted by atomic mass is 35.5. The van der Waals surface area contributed by atoms with Crippen LogP contribution in [0, 0.1) is 0 Å². The molecule has 1 aromatic rings. The Morgan fingerprint density at radius 3 is 2.47 bits per heavy atom. The summed E-state index contributed by atoms with van der Waals surface area (Å²) in [6.07, 6.45) is -0.502. The predicted molar refractivity (Wildman–Crippen MR) is 63.0 cm³/mol. The maximum atomic E-state index is 9.95. The highest BCUT2D eigenvalue weighted by Crippen LogP contribution is 2.21. The molecule has 2 nitrogen and oxygen atoms in total. The lowest BCUT2D eigenvalue weighted by molar-refractivity contribution is -0.722. The SMILES string of the molecule is CC(C)(C)[NH2+]C[C@H](O)c1ccccc1Cl. The maximum Gasteiger partial charge on any atom is 0.129 e. The molecule has 0 heterocycles. The van der Waals surface area contributed by atoms with Gasteiger partial charge in [0.15, 0.2) is 0 Å². The third-order valence-electron chi connectivity index (χ3n) is 2.22. The van der Waals surface area contributed by atoms with E-state index in [0.717, 1.165) is 5.56 Å². The summed E-state index contributed by atoms with van der Waals surface area (Å²) in [4.78, 5) is 0. The first-order chi connectivity index (χ1) is 6.90. The van der Waals surface area contributed by atoms with Crippen LogP contribution in [-0.4, -0.2) is 17.2 Å². The van der Waals surface area contributed by atoms with Crippen LogP contribution < -0.4 is 5.32 Å². The van der Waals surface area contributed by atoms with E-state index >= 15 is 0 Å². The lowest BCUT2D eigenvalue weighted by Crippen LogP contribution is -2.95. The van der Waals surface area contributed by atoms with Crippen LogP contribution in [0.25, 0.3) is 0 Å². The van der Waals surface area contributed by atoms with Crippen molar-refractivity contribution in [1.29, 1.82) is 0 Å². The van der Waals surface area contributed by atoms with Gasteiger partial charge >= 0.3 is 0 Å². The van der Waals surface area contributed by atoms with Crippen molar-refractivity contribution in [2.24, 2.45) is 0 Å². The maximum absolute atomic E-state index is 9.95. The first kappa shape index (κ1) is 12.5. The first-order valence-corrected chi connectivity index (χ1v) is 5.55. The van der Waals surface area contributed by atoms with E-state index in [2.05, 4.69) is 26.1 Å². The summed E-state index contributed by atoms with van der Waals surface area (Å²) < 4.78 is 0. The highest BCUT2D eigenvalue weighted by molar-refractivity contribution is 6.31. The van der Waals surface area contributed by atoms with Gasteiger partial charge in [0.25, 0.3) is 0 Å². The predicted octanol–water partition coefficient (Wildman–Crippen LogP) is 1.74. The summed E-state index contributed by atoms with van der Waals surface area (Å²) in [5, 5.41) is 12.7. The first-order valence-electron chi connectivity index (χ1n) is 5.17. The molecule has 0 fully saturated rings. The second-order valence-electron chi connectivity index (χ2n) is 4.84. The summed E-state index contributed by atoms with van der Waals surface area (Å²) in [6.45, 7) is 6.98. The molecule has 0 aromatic heterocycles. The van der Waals surface area contributed by atoms with Crippen molar-refractivity contribution in [2.45, 2.75) is 32.4 Å². The minimum atomic E-state index is -0.502. The minimum Gasteiger partial charge on any atom is -0.382 e. The molecule has 1 atom stereocenters. The quantitative estimate of drug-likeness (QED) is 0.813. The molecule has 0 bridgehead atoms. The molecule has 0 saturated heterocycles. The zero-order chi connectivity index (χ0) is 11.5. The lowest BCUT2D eigenvalue weighted by atomic mass is 10.1. The van der Waals surface area contributed by atoms with E-state index in [0.29, 0.717) is 11.6 Å². The van der Waals surface area contributed by atoms with Crippen LogP contribution >= 0.6 is 11.6 Å². The van der Waals surface area contributed by atoms with Crippen molar-refractivity contribution in [3.05, 3.63) is 34.9 Å². The van der Waals surface area contributed by atoms with E-state index in [-0.39, 0.29) is 5.54 Å². The molecule has 0 spiro atoms. The number of quaternary nitrogens is 1. The molecule has 1 aromatic carbocycles. The molecule has 84 valence electrons. The molecular weight excluding hydrogens is 210 g/mol. The summed E-state index contributed by atoms with van der Waals surface area (Å²) in [5.41, 5.74) is 0.932. The van der Waals surface area contributed by atoms with Gasteiger partial charge in [-0.15, -0.1) is 0 Å². The number of hydrogen-bond donors (Lipinski definition) is 2. The fourth-order valence-electron chi connectivity index (χ4n) is 1.34. The monoisotopic (exact) mass is 228 g/mol. The fourth-order valence-corrected chi connectivity index (χ4v) is 1.60. The number of hydrogen-bond acceptors (Lipinski definition) is 1. The van der Waals surface area contributed by atoms with Gasteiger partial charge in [-0.25, -0.2) is 0 Å². The number of aliphatic hydroxyl groups is 1. The van der Waals surface area contributed by atoms with Crippen LogP contribution in [0.2, 0.25) is 5.02 Å². The highest BCUT2D eigenvalue weighted by Gasteiger charge is 2.18. The van der Waals surface area contributed by atoms with Crippen molar-refractivity contribution in [3.8, 4) is 0 Å². The lowest BCUT2D eigenvalue weighted by Gasteiger charge is -2.20. The Balaban J connectivity index is 2.62. The number of nitrogens with two attached hydrogens (primary N) is 1. The standard InChI is InChI=1S/C12H18ClNO/c1-12(2,3)14-8-11(15)9-6-4-5-7-10(9)13/h4-7,11,14-15H,8H2,1-3H3/p+1/t11-/m0/s1. The third-order valence-corrected chi connectivity index (χ3v) is 2.56. The van der Waals surface area contributed by atoms with Crippen LogP contribution in [0.3, 0.4) is 0 Å². The zero-order valence-electron chi connectivity index (χ0n) is 9.50. The van der Waals surface area contributed by atoms with E-state index in [1.54, 1.807) is 6.07 Å². The summed E-state index contributed by atoms with van der Waals surface area (Å²) >= 11 is 6.00. The van der Waals surface area contributed by atoms with Gasteiger partial charge < -0.3 is 10.4 Å². The van der Waals surface area contributed by atoms with Crippen molar-refractivity contribution in [1.82, 2.24) is 0 Å². The zero-order valence-corrected chi connectivity index (χ0v) is 10.3. The van der Waals surface area contributed by atoms with E-state index in [4.69, 9.17) is 11.6 Å². The van der Waals surface area contributed by atoms with E-state index in [1.807, 2.05) is 18.2 Å². The van der Waals surface area contributed by atoms with Crippen LogP contribution in [0.15, 0.2) is 24.3 Å². The van der Waals surface area contributed by atoms with Gasteiger partial charge in [-0.05, 0) is 26.8 Å². The van der Waals surface area contributed by atoms with Crippen molar-refractivity contribution in [2.75, 3.05) is 6.54 Å². The Hall–Kier alpha value is -0.570. The van der Waals surface area contributed by atoms with Crippen LogP contribution in [0.1, 0.15) is 32.4 Å². The topological polar surface area (TPSA) is 36.8 Å². The molecule has 0 aliphatic carbocycles. The molecule has 3 heteroatoms. The van der Waals surface area contributed by atoms with E-state index in [9.17, 15) is 5.11 Å².